The van der Waals surface area contributed by atoms with Gasteiger partial charge in [-0.25, -0.2) is 0 Å². The number of ketones is 2. The minimum Gasteiger partial charge on any atom is -0.507 e. The SMILES string of the molecule is COC(=O)CC(C1=C(O)[C@@]2(Oc3c(Cl)c(OC)cc(OC)c3C2=O)[C@H](C)CC1=O)c1cc(OC)c2c(c1)OCO2. The molecule has 1 unspecified atom stereocenters. The zero-order chi connectivity index (χ0) is 28.9. The summed E-state index contributed by atoms with van der Waals surface area (Å²) < 4.78 is 38.3. The zero-order valence-corrected chi connectivity index (χ0v) is 23.2. The van der Waals surface area contributed by atoms with E-state index in [9.17, 15) is 19.5 Å². The van der Waals surface area contributed by atoms with Gasteiger partial charge in [-0.1, -0.05) is 18.5 Å². The average Bonchev–Trinajstić information content (AvgIpc) is 3.55. The number of hydrogen-bond donors (Lipinski definition) is 1. The maximum absolute atomic E-state index is 14.1. The second kappa shape index (κ2) is 10.1. The van der Waals surface area contributed by atoms with Crippen molar-refractivity contribution < 1.29 is 52.6 Å². The number of hydrogen-bond acceptors (Lipinski definition) is 11. The summed E-state index contributed by atoms with van der Waals surface area (Å²) in [5.74, 6) is -2.96. The van der Waals surface area contributed by atoms with Gasteiger partial charge in [0.15, 0.2) is 28.8 Å². The molecule has 0 bridgehead atoms. The third-order valence-corrected chi connectivity index (χ3v) is 7.90. The summed E-state index contributed by atoms with van der Waals surface area (Å²) in [5.41, 5.74) is -1.78. The number of ether oxygens (including phenoxy) is 7. The van der Waals surface area contributed by atoms with Crippen LogP contribution in [-0.2, 0) is 14.3 Å². The van der Waals surface area contributed by atoms with Crippen LogP contribution in [-0.4, -0.2) is 63.5 Å². The number of fused-ring (bicyclic) bond motifs is 2. The van der Waals surface area contributed by atoms with Crippen LogP contribution in [0.1, 0.15) is 41.6 Å². The zero-order valence-electron chi connectivity index (χ0n) is 22.4. The molecule has 2 aliphatic heterocycles. The van der Waals surface area contributed by atoms with Crippen LogP contribution in [0.5, 0.6) is 34.5 Å². The lowest BCUT2D eigenvalue weighted by molar-refractivity contribution is -0.140. The van der Waals surface area contributed by atoms with Gasteiger partial charge in [-0.05, 0) is 17.7 Å². The average molecular weight is 575 g/mol. The number of Topliss-reactive ketones (excluding diaryl/α,β-unsaturated/α-hetero) is 2. The van der Waals surface area contributed by atoms with Crippen molar-refractivity contribution in [1.82, 2.24) is 0 Å². The normalized spacial score (nSPS) is 21.7. The third-order valence-electron chi connectivity index (χ3n) is 7.54. The molecule has 0 saturated heterocycles. The van der Waals surface area contributed by atoms with Crippen molar-refractivity contribution in [3.05, 3.63) is 45.7 Å². The summed E-state index contributed by atoms with van der Waals surface area (Å²) in [7, 11) is 5.41. The molecule has 0 fully saturated rings. The molecule has 2 aromatic rings. The standard InChI is InChI=1S/C28H27ClO11/c1-12-6-15(30)21(14(9-20(31)37-5)13-7-18(36-4)24-19(8-13)38-11-39-24)26(32)28(12)27(33)22-16(34-2)10-17(35-3)23(29)25(22)40-28/h7-8,10,12,14,32H,6,9,11H2,1-5H3/t12-,14?,28+/m1/s1. The van der Waals surface area contributed by atoms with Gasteiger partial charge in [0.25, 0.3) is 0 Å². The Balaban J connectivity index is 1.73. The Kier molecular flexibility index (Phi) is 6.95. The predicted molar refractivity (Wildman–Crippen MR) is 139 cm³/mol. The molecule has 0 amide bonds. The second-order valence-corrected chi connectivity index (χ2v) is 9.92. The molecule has 0 radical (unpaired) electrons. The molecule has 2 heterocycles. The van der Waals surface area contributed by atoms with E-state index in [4.69, 9.17) is 44.8 Å². The van der Waals surface area contributed by atoms with E-state index in [1.807, 2.05) is 0 Å². The van der Waals surface area contributed by atoms with E-state index in [0.717, 1.165) is 0 Å². The second-order valence-electron chi connectivity index (χ2n) is 9.55. The molecule has 5 rings (SSSR count). The van der Waals surface area contributed by atoms with Crippen LogP contribution in [0.3, 0.4) is 0 Å². The number of benzene rings is 2. The van der Waals surface area contributed by atoms with Crippen molar-refractivity contribution >= 4 is 29.1 Å². The maximum atomic E-state index is 14.1. The summed E-state index contributed by atoms with van der Waals surface area (Å²) in [6.45, 7) is 1.57. The molecule has 3 atom stereocenters. The monoisotopic (exact) mass is 574 g/mol. The minimum atomic E-state index is -2.01. The van der Waals surface area contributed by atoms with Crippen molar-refractivity contribution in [3.8, 4) is 34.5 Å². The number of rotatable bonds is 7. The highest BCUT2D eigenvalue weighted by molar-refractivity contribution is 6.35. The van der Waals surface area contributed by atoms with Crippen LogP contribution in [0, 0.1) is 5.92 Å². The molecule has 40 heavy (non-hydrogen) atoms. The first-order valence-electron chi connectivity index (χ1n) is 12.3. The van der Waals surface area contributed by atoms with E-state index in [2.05, 4.69) is 0 Å². The quantitative estimate of drug-likeness (QED) is 0.477. The fraction of sp³-hybridized carbons (Fsp3) is 0.393. The Hall–Kier alpha value is -4.12. The van der Waals surface area contributed by atoms with Gasteiger partial charge in [0, 0.05) is 29.9 Å². The molecule has 3 aliphatic rings. The molecule has 2 aromatic carbocycles. The first-order valence-corrected chi connectivity index (χ1v) is 12.7. The molecule has 11 nitrogen and oxygen atoms in total. The molecule has 1 N–H and O–H groups in total. The fourth-order valence-electron chi connectivity index (χ4n) is 5.53. The van der Waals surface area contributed by atoms with Gasteiger partial charge in [-0.15, -0.1) is 0 Å². The van der Waals surface area contributed by atoms with E-state index < -0.39 is 40.7 Å². The number of carbonyl (C=O) groups excluding carboxylic acids is 3. The van der Waals surface area contributed by atoms with Crippen LogP contribution in [0.25, 0.3) is 0 Å². The van der Waals surface area contributed by atoms with E-state index in [-0.39, 0.29) is 53.0 Å². The summed E-state index contributed by atoms with van der Waals surface area (Å²) in [5, 5.41) is 11.9. The van der Waals surface area contributed by atoms with Crippen LogP contribution < -0.4 is 28.4 Å². The van der Waals surface area contributed by atoms with Crippen molar-refractivity contribution in [3.63, 3.8) is 0 Å². The predicted octanol–water partition coefficient (Wildman–Crippen LogP) is 4.18. The number of aliphatic hydroxyl groups is 1. The first kappa shape index (κ1) is 27.4. The summed E-state index contributed by atoms with van der Waals surface area (Å²) >= 11 is 6.52. The van der Waals surface area contributed by atoms with Gasteiger partial charge >= 0.3 is 5.97 Å². The molecule has 212 valence electrons. The summed E-state index contributed by atoms with van der Waals surface area (Å²) in [4.78, 5) is 40.3. The lowest BCUT2D eigenvalue weighted by Gasteiger charge is -2.38. The van der Waals surface area contributed by atoms with Crippen LogP contribution in [0.4, 0.5) is 0 Å². The molecule has 1 aliphatic carbocycles. The highest BCUT2D eigenvalue weighted by Crippen LogP contribution is 2.56. The highest BCUT2D eigenvalue weighted by atomic mass is 35.5. The van der Waals surface area contributed by atoms with Gasteiger partial charge in [-0.3, -0.25) is 14.4 Å². The van der Waals surface area contributed by atoms with Crippen molar-refractivity contribution in [1.29, 1.82) is 0 Å². The van der Waals surface area contributed by atoms with Crippen molar-refractivity contribution in [2.45, 2.75) is 31.3 Å². The summed E-state index contributed by atoms with van der Waals surface area (Å²) in [6.07, 6.45) is -0.510. The third kappa shape index (κ3) is 3.90. The van der Waals surface area contributed by atoms with Gasteiger partial charge in [0.05, 0.1) is 34.9 Å². The molecular formula is C28H27ClO11. The molecular weight excluding hydrogens is 548 g/mol. The van der Waals surface area contributed by atoms with Gasteiger partial charge in [-0.2, -0.15) is 0 Å². The van der Waals surface area contributed by atoms with E-state index in [1.54, 1.807) is 19.1 Å². The van der Waals surface area contributed by atoms with E-state index >= 15 is 0 Å². The number of methoxy groups -OCH3 is 4. The van der Waals surface area contributed by atoms with Crippen molar-refractivity contribution in [2.75, 3.05) is 35.2 Å². The first-order chi connectivity index (χ1) is 19.1. The smallest absolute Gasteiger partial charge is 0.306 e. The van der Waals surface area contributed by atoms with Gasteiger partial charge in [0.2, 0.25) is 23.9 Å². The summed E-state index contributed by atoms with van der Waals surface area (Å²) in [6, 6.07) is 4.62. The Morgan fingerprint density at radius 2 is 1.75 bits per heavy atom. The number of allylic oxidation sites excluding steroid dienone is 1. The van der Waals surface area contributed by atoms with Crippen LogP contribution >= 0.6 is 11.6 Å². The Bertz CT molecular complexity index is 1460. The maximum Gasteiger partial charge on any atom is 0.306 e. The van der Waals surface area contributed by atoms with E-state index in [1.165, 1.54) is 34.5 Å². The Morgan fingerprint density at radius 1 is 1.05 bits per heavy atom. The van der Waals surface area contributed by atoms with Crippen LogP contribution in [0.15, 0.2) is 29.5 Å². The van der Waals surface area contributed by atoms with E-state index in [0.29, 0.717) is 22.8 Å². The largest absolute Gasteiger partial charge is 0.507 e. The van der Waals surface area contributed by atoms with Crippen molar-refractivity contribution in [2.24, 2.45) is 5.92 Å². The minimum absolute atomic E-state index is 0.00796. The van der Waals surface area contributed by atoms with Gasteiger partial charge < -0.3 is 38.3 Å². The number of halogens is 1. The highest BCUT2D eigenvalue weighted by Gasteiger charge is 2.61. The number of carbonyl (C=O) groups is 3. The fourth-order valence-corrected chi connectivity index (χ4v) is 5.79. The van der Waals surface area contributed by atoms with Gasteiger partial charge in [0.1, 0.15) is 22.1 Å². The molecule has 12 heteroatoms. The Morgan fingerprint density at radius 3 is 2.40 bits per heavy atom. The number of esters is 1. The molecule has 0 aromatic heterocycles. The topological polar surface area (TPSA) is 136 Å². The lowest BCUT2D eigenvalue weighted by Crippen LogP contribution is -2.53. The lowest BCUT2D eigenvalue weighted by atomic mass is 9.69. The molecule has 1 spiro atoms. The van der Waals surface area contributed by atoms with Crippen LogP contribution in [0.2, 0.25) is 5.02 Å². The number of aliphatic hydroxyl groups excluding tert-OH is 1. The molecule has 0 saturated carbocycles. The Labute approximate surface area is 234 Å².